The van der Waals surface area contributed by atoms with Crippen LogP contribution in [0.3, 0.4) is 0 Å². The Hall–Kier alpha value is -0.590. The van der Waals surface area contributed by atoms with Crippen LogP contribution in [0, 0.1) is 23.2 Å². The molecule has 1 saturated carbocycles. The summed E-state index contributed by atoms with van der Waals surface area (Å²) in [5.41, 5.74) is 0. The van der Waals surface area contributed by atoms with E-state index in [4.69, 9.17) is 5.26 Å². The fourth-order valence-electron chi connectivity index (χ4n) is 2.70. The Morgan fingerprint density at radius 3 is 2.64 bits per heavy atom. The van der Waals surface area contributed by atoms with Crippen LogP contribution in [-0.4, -0.2) is 35.2 Å². The molecule has 1 aliphatic carbocycles. The van der Waals surface area contributed by atoms with Gasteiger partial charge < -0.3 is 5.11 Å². The van der Waals surface area contributed by atoms with Crippen LogP contribution in [0.1, 0.15) is 26.2 Å². The van der Waals surface area contributed by atoms with Gasteiger partial charge in [0.15, 0.2) is 0 Å². The molecule has 1 aliphatic heterocycles. The number of β-amino-alcohol motifs (C(OH)–C–C–N with tert-alkyl or cyclic N) is 1. The van der Waals surface area contributed by atoms with E-state index in [1.807, 2.05) is 0 Å². The second-order valence-corrected chi connectivity index (χ2v) is 4.83. The van der Waals surface area contributed by atoms with E-state index in [1.54, 1.807) is 0 Å². The molecule has 1 N–H and O–H groups in total. The first-order valence-electron chi connectivity index (χ1n) is 5.52. The first-order chi connectivity index (χ1) is 6.70. The maximum absolute atomic E-state index is 9.24. The van der Waals surface area contributed by atoms with Crippen LogP contribution in [0.2, 0.25) is 0 Å². The van der Waals surface area contributed by atoms with E-state index in [2.05, 4.69) is 17.9 Å². The third kappa shape index (κ3) is 1.77. The monoisotopic (exact) mass is 194 g/mol. The zero-order chi connectivity index (χ0) is 10.1. The van der Waals surface area contributed by atoms with Gasteiger partial charge in [-0.1, -0.05) is 6.92 Å². The van der Waals surface area contributed by atoms with Crippen molar-refractivity contribution in [3.05, 3.63) is 0 Å². The maximum atomic E-state index is 9.24. The molecule has 3 nitrogen and oxygen atoms in total. The molecule has 2 fully saturated rings. The van der Waals surface area contributed by atoms with Crippen LogP contribution >= 0.6 is 0 Å². The van der Waals surface area contributed by atoms with Crippen molar-refractivity contribution in [2.75, 3.05) is 13.1 Å². The smallest absolute Gasteiger partial charge is 0.0794 e. The Bertz CT molecular complexity index is 242. The Morgan fingerprint density at radius 1 is 1.36 bits per heavy atom. The molecule has 3 unspecified atom stereocenters. The van der Waals surface area contributed by atoms with Gasteiger partial charge in [-0.25, -0.2) is 0 Å². The summed E-state index contributed by atoms with van der Waals surface area (Å²) in [6, 6.07) is 2.84. The quantitative estimate of drug-likeness (QED) is 0.677. The van der Waals surface area contributed by atoms with Crippen LogP contribution in [0.4, 0.5) is 0 Å². The SMILES string of the molecule is CC1CCC(N2CC(O)C2)C(C#N)C1. The lowest BCUT2D eigenvalue weighted by Gasteiger charge is -2.46. The molecule has 3 atom stereocenters. The highest BCUT2D eigenvalue weighted by atomic mass is 16.3. The van der Waals surface area contributed by atoms with E-state index in [0.29, 0.717) is 12.0 Å². The largest absolute Gasteiger partial charge is 0.390 e. The molecule has 14 heavy (non-hydrogen) atoms. The maximum Gasteiger partial charge on any atom is 0.0794 e. The predicted octanol–water partition coefficient (Wildman–Crippen LogP) is 0.991. The van der Waals surface area contributed by atoms with Crippen LogP contribution in [-0.2, 0) is 0 Å². The number of hydrogen-bond donors (Lipinski definition) is 1. The lowest BCUT2D eigenvalue weighted by Crippen LogP contribution is -2.58. The van der Waals surface area contributed by atoms with Crippen molar-refractivity contribution in [2.45, 2.75) is 38.3 Å². The van der Waals surface area contributed by atoms with Gasteiger partial charge in [0, 0.05) is 19.1 Å². The van der Waals surface area contributed by atoms with Crippen LogP contribution in [0.15, 0.2) is 0 Å². The Kier molecular flexibility index (Phi) is 2.76. The first kappa shape index (κ1) is 9.95. The number of likely N-dealkylation sites (tertiary alicyclic amines) is 1. The highest BCUT2D eigenvalue weighted by Gasteiger charge is 2.38. The molecule has 0 spiro atoms. The number of nitriles is 1. The van der Waals surface area contributed by atoms with Crippen molar-refractivity contribution in [3.63, 3.8) is 0 Å². The van der Waals surface area contributed by atoms with Crippen molar-refractivity contribution in [1.82, 2.24) is 4.90 Å². The molecule has 3 heteroatoms. The molecule has 0 aromatic heterocycles. The van der Waals surface area contributed by atoms with E-state index < -0.39 is 0 Å². The van der Waals surface area contributed by atoms with Gasteiger partial charge in [0.2, 0.25) is 0 Å². The summed E-state index contributed by atoms with van der Waals surface area (Å²) < 4.78 is 0. The summed E-state index contributed by atoms with van der Waals surface area (Å²) in [4.78, 5) is 2.27. The van der Waals surface area contributed by atoms with Gasteiger partial charge in [-0.05, 0) is 25.2 Å². The summed E-state index contributed by atoms with van der Waals surface area (Å²) in [5.74, 6) is 0.883. The van der Waals surface area contributed by atoms with Crippen LogP contribution in [0.5, 0.6) is 0 Å². The van der Waals surface area contributed by atoms with E-state index in [9.17, 15) is 5.11 Å². The summed E-state index contributed by atoms with van der Waals surface area (Å²) in [6.07, 6.45) is 3.25. The molecule has 0 bridgehead atoms. The highest BCUT2D eigenvalue weighted by molar-refractivity contribution is 5.00. The Balaban J connectivity index is 1.94. The molecule has 2 rings (SSSR count). The highest BCUT2D eigenvalue weighted by Crippen LogP contribution is 2.33. The lowest BCUT2D eigenvalue weighted by molar-refractivity contribution is -0.0457. The van der Waals surface area contributed by atoms with Gasteiger partial charge in [0.25, 0.3) is 0 Å². The lowest BCUT2D eigenvalue weighted by atomic mass is 9.78. The number of aliphatic hydroxyl groups is 1. The molecule has 1 saturated heterocycles. The van der Waals surface area contributed by atoms with Gasteiger partial charge in [0.05, 0.1) is 18.1 Å². The molecule has 0 aromatic carbocycles. The molecular weight excluding hydrogens is 176 g/mol. The molecule has 0 aromatic rings. The van der Waals surface area contributed by atoms with Crippen molar-refractivity contribution < 1.29 is 5.11 Å². The normalized spacial score (nSPS) is 40.2. The van der Waals surface area contributed by atoms with Crippen molar-refractivity contribution in [1.29, 1.82) is 5.26 Å². The number of hydrogen-bond acceptors (Lipinski definition) is 3. The molecule has 2 aliphatic rings. The Morgan fingerprint density at radius 2 is 2.07 bits per heavy atom. The first-order valence-corrected chi connectivity index (χ1v) is 5.52. The summed E-state index contributed by atoms with van der Waals surface area (Å²) >= 11 is 0. The van der Waals surface area contributed by atoms with E-state index in [-0.39, 0.29) is 12.0 Å². The number of nitrogens with zero attached hydrogens (tertiary/aromatic N) is 2. The number of aliphatic hydroxyl groups excluding tert-OH is 1. The average molecular weight is 194 g/mol. The fourth-order valence-corrected chi connectivity index (χ4v) is 2.70. The predicted molar refractivity (Wildman–Crippen MR) is 53.5 cm³/mol. The summed E-state index contributed by atoms with van der Waals surface area (Å²) in [7, 11) is 0. The van der Waals surface area contributed by atoms with E-state index in [0.717, 1.165) is 25.9 Å². The van der Waals surface area contributed by atoms with Gasteiger partial charge in [-0.3, -0.25) is 4.90 Å². The summed E-state index contributed by atoms with van der Waals surface area (Å²) in [5, 5.41) is 18.3. The van der Waals surface area contributed by atoms with Gasteiger partial charge in [-0.2, -0.15) is 5.26 Å². The van der Waals surface area contributed by atoms with Gasteiger partial charge in [0.1, 0.15) is 0 Å². The van der Waals surface area contributed by atoms with Gasteiger partial charge >= 0.3 is 0 Å². The third-order valence-corrected chi connectivity index (χ3v) is 3.60. The second kappa shape index (κ2) is 3.88. The minimum atomic E-state index is -0.145. The molecular formula is C11H18N2O. The zero-order valence-electron chi connectivity index (χ0n) is 8.69. The molecule has 0 radical (unpaired) electrons. The van der Waals surface area contributed by atoms with Crippen LogP contribution < -0.4 is 0 Å². The third-order valence-electron chi connectivity index (χ3n) is 3.60. The van der Waals surface area contributed by atoms with Crippen molar-refractivity contribution in [2.24, 2.45) is 11.8 Å². The standard InChI is InChI=1S/C11H18N2O/c1-8-2-3-11(9(4-8)5-12)13-6-10(14)7-13/h8-11,14H,2-4,6-7H2,1H3. The van der Waals surface area contributed by atoms with E-state index in [1.165, 1.54) is 6.42 Å². The number of rotatable bonds is 1. The Labute approximate surface area is 85.3 Å². The fraction of sp³-hybridized carbons (Fsp3) is 0.909. The minimum absolute atomic E-state index is 0.145. The van der Waals surface area contributed by atoms with Gasteiger partial charge in [-0.15, -0.1) is 0 Å². The minimum Gasteiger partial charge on any atom is -0.390 e. The second-order valence-electron chi connectivity index (χ2n) is 4.83. The van der Waals surface area contributed by atoms with Crippen molar-refractivity contribution in [3.8, 4) is 6.07 Å². The zero-order valence-corrected chi connectivity index (χ0v) is 8.69. The summed E-state index contributed by atoms with van der Waals surface area (Å²) in [6.45, 7) is 3.78. The molecule has 0 amide bonds. The average Bonchev–Trinajstić information content (AvgIpc) is 2.13. The van der Waals surface area contributed by atoms with Crippen LogP contribution in [0.25, 0.3) is 0 Å². The molecule has 1 heterocycles. The van der Waals surface area contributed by atoms with E-state index >= 15 is 0 Å². The van der Waals surface area contributed by atoms with Crippen molar-refractivity contribution >= 4 is 0 Å². The molecule has 78 valence electrons. The topological polar surface area (TPSA) is 47.3 Å².